The molecule has 0 unspecified atom stereocenters. The minimum absolute atomic E-state index is 0.250. The molecule has 2 heterocycles. The highest BCUT2D eigenvalue weighted by atomic mass is 32.1. The van der Waals surface area contributed by atoms with Crippen LogP contribution in [0.25, 0.3) is 11.1 Å². The molecule has 26 heavy (non-hydrogen) atoms. The summed E-state index contributed by atoms with van der Waals surface area (Å²) in [6, 6.07) is 11.6. The van der Waals surface area contributed by atoms with Gasteiger partial charge in [0.2, 0.25) is 0 Å². The monoisotopic (exact) mass is 361 g/mol. The molecular weight excluding hydrogens is 346 g/mol. The van der Waals surface area contributed by atoms with Crippen LogP contribution < -0.4 is 5.73 Å². The lowest BCUT2D eigenvalue weighted by atomic mass is 10.0. The lowest BCUT2D eigenvalue weighted by Gasteiger charge is -2.08. The van der Waals surface area contributed by atoms with Gasteiger partial charge < -0.3 is 10.3 Å². The highest BCUT2D eigenvalue weighted by Gasteiger charge is 2.20. The van der Waals surface area contributed by atoms with Crippen molar-refractivity contribution in [3.05, 3.63) is 62.9 Å². The lowest BCUT2D eigenvalue weighted by molar-refractivity contribution is 0.0996. The Kier molecular flexibility index (Phi) is 4.57. The van der Waals surface area contributed by atoms with Crippen LogP contribution in [0.2, 0.25) is 0 Å². The van der Waals surface area contributed by atoms with E-state index in [9.17, 15) is 10.1 Å². The van der Waals surface area contributed by atoms with Gasteiger partial charge in [0.25, 0.3) is 5.91 Å². The number of thiazole rings is 1. The summed E-state index contributed by atoms with van der Waals surface area (Å²) < 4.78 is 2.01. The molecule has 0 atom stereocenters. The van der Waals surface area contributed by atoms with Crippen molar-refractivity contribution in [2.45, 2.75) is 20.4 Å². The first-order valence-electron chi connectivity index (χ1n) is 7.80. The van der Waals surface area contributed by atoms with Crippen LogP contribution in [-0.4, -0.2) is 15.5 Å². The topological polar surface area (TPSA) is 108 Å². The quantitative estimate of drug-likeness (QED) is 0.770. The molecule has 0 aliphatic rings. The van der Waals surface area contributed by atoms with Crippen molar-refractivity contribution in [2.24, 2.45) is 5.73 Å². The van der Waals surface area contributed by atoms with Gasteiger partial charge in [-0.15, -0.1) is 11.3 Å². The fraction of sp³-hybridized carbons (Fsp3) is 0.158. The zero-order valence-electron chi connectivity index (χ0n) is 14.3. The van der Waals surface area contributed by atoms with E-state index in [4.69, 9.17) is 11.0 Å². The maximum Gasteiger partial charge on any atom is 0.268 e. The van der Waals surface area contributed by atoms with Crippen LogP contribution in [0.1, 0.15) is 38.0 Å². The van der Waals surface area contributed by atoms with E-state index in [0.29, 0.717) is 17.7 Å². The van der Waals surface area contributed by atoms with Gasteiger partial charge in [0.05, 0.1) is 23.7 Å². The summed E-state index contributed by atoms with van der Waals surface area (Å²) in [5.74, 6) is -0.551. The van der Waals surface area contributed by atoms with Crippen molar-refractivity contribution in [3.8, 4) is 23.3 Å². The zero-order chi connectivity index (χ0) is 18.8. The second-order valence-corrected chi connectivity index (χ2v) is 6.74. The van der Waals surface area contributed by atoms with Crippen molar-refractivity contribution >= 4 is 17.2 Å². The van der Waals surface area contributed by atoms with Gasteiger partial charge in [-0.1, -0.05) is 12.1 Å². The number of nitrogens with two attached hydrogens (primary N) is 1. The molecule has 0 fully saturated rings. The molecule has 3 rings (SSSR count). The molecule has 0 aliphatic carbocycles. The third-order valence-corrected chi connectivity index (χ3v) is 5.13. The van der Waals surface area contributed by atoms with Gasteiger partial charge in [-0.05, 0) is 31.5 Å². The summed E-state index contributed by atoms with van der Waals surface area (Å²) in [6.45, 7) is 4.30. The number of carbonyl (C=O) groups excluding carboxylic acids is 1. The van der Waals surface area contributed by atoms with E-state index in [1.165, 1.54) is 11.3 Å². The van der Waals surface area contributed by atoms with Gasteiger partial charge in [-0.25, -0.2) is 4.98 Å². The SMILES string of the molecule is Cc1c(C#N)c(-c2ccc(C#N)cc2)c(C)n1Cc1nc(C(N)=O)cs1. The molecule has 2 aromatic heterocycles. The molecule has 0 saturated heterocycles. The van der Waals surface area contributed by atoms with Crippen LogP contribution in [0.5, 0.6) is 0 Å². The molecule has 1 amide bonds. The van der Waals surface area contributed by atoms with Crippen LogP contribution in [0, 0.1) is 36.5 Å². The molecule has 6 nitrogen and oxygen atoms in total. The summed E-state index contributed by atoms with van der Waals surface area (Å²) in [6.07, 6.45) is 0. The fourth-order valence-electron chi connectivity index (χ4n) is 2.95. The predicted octanol–water partition coefficient (Wildman–Crippen LogP) is 3.12. The number of benzene rings is 1. The number of rotatable bonds is 4. The maximum atomic E-state index is 11.2. The van der Waals surface area contributed by atoms with Gasteiger partial charge in [-0.2, -0.15) is 10.5 Å². The highest BCUT2D eigenvalue weighted by Crippen LogP contribution is 2.32. The smallest absolute Gasteiger partial charge is 0.268 e. The Morgan fingerprint density at radius 2 is 1.88 bits per heavy atom. The molecule has 0 radical (unpaired) electrons. The Bertz CT molecular complexity index is 1080. The Labute approximate surface area is 154 Å². The van der Waals surface area contributed by atoms with Gasteiger partial charge in [-0.3, -0.25) is 4.79 Å². The first kappa shape index (κ1) is 17.4. The van der Waals surface area contributed by atoms with Crippen molar-refractivity contribution in [3.63, 3.8) is 0 Å². The molecule has 0 spiro atoms. The van der Waals surface area contributed by atoms with Crippen LogP contribution in [0.4, 0.5) is 0 Å². The fourth-order valence-corrected chi connectivity index (χ4v) is 3.73. The molecule has 2 N–H and O–H groups in total. The molecule has 1 aromatic carbocycles. The second kappa shape index (κ2) is 6.83. The highest BCUT2D eigenvalue weighted by molar-refractivity contribution is 7.09. The lowest BCUT2D eigenvalue weighted by Crippen LogP contribution is -2.12. The van der Waals surface area contributed by atoms with Crippen molar-refractivity contribution in [1.29, 1.82) is 10.5 Å². The number of hydrogen-bond acceptors (Lipinski definition) is 5. The minimum atomic E-state index is -0.551. The summed E-state index contributed by atoms with van der Waals surface area (Å²) >= 11 is 1.36. The van der Waals surface area contributed by atoms with E-state index >= 15 is 0 Å². The van der Waals surface area contributed by atoms with Gasteiger partial charge in [0, 0.05) is 22.3 Å². The van der Waals surface area contributed by atoms with E-state index in [-0.39, 0.29) is 5.69 Å². The normalized spacial score (nSPS) is 10.3. The van der Waals surface area contributed by atoms with Crippen LogP contribution in [0.3, 0.4) is 0 Å². The minimum Gasteiger partial charge on any atom is -0.364 e. The molecule has 0 bridgehead atoms. The number of nitrogens with zero attached hydrogens (tertiary/aromatic N) is 4. The second-order valence-electron chi connectivity index (χ2n) is 5.80. The largest absolute Gasteiger partial charge is 0.364 e. The Morgan fingerprint density at radius 1 is 1.19 bits per heavy atom. The number of amides is 1. The number of hydrogen-bond donors (Lipinski definition) is 1. The first-order chi connectivity index (χ1) is 12.5. The first-order valence-corrected chi connectivity index (χ1v) is 8.68. The Hall–Kier alpha value is -3.42. The average molecular weight is 361 g/mol. The van der Waals surface area contributed by atoms with E-state index in [0.717, 1.165) is 27.5 Å². The summed E-state index contributed by atoms with van der Waals surface area (Å²) in [5.41, 5.74) is 10.2. The molecule has 3 aromatic rings. The predicted molar refractivity (Wildman–Crippen MR) is 98.5 cm³/mol. The summed E-state index contributed by atoms with van der Waals surface area (Å²) in [7, 11) is 0. The third kappa shape index (κ3) is 2.97. The van der Waals surface area contributed by atoms with Crippen LogP contribution >= 0.6 is 11.3 Å². The molecule has 7 heteroatoms. The molecule has 0 saturated carbocycles. The molecule has 128 valence electrons. The maximum absolute atomic E-state index is 11.2. The van der Waals surface area contributed by atoms with Crippen LogP contribution in [0.15, 0.2) is 29.6 Å². The van der Waals surface area contributed by atoms with Crippen molar-refractivity contribution < 1.29 is 4.79 Å². The van der Waals surface area contributed by atoms with Gasteiger partial charge >= 0.3 is 0 Å². The Balaban J connectivity index is 2.07. The van der Waals surface area contributed by atoms with E-state index in [2.05, 4.69) is 17.1 Å². The standard InChI is InChI=1S/C19H15N5OS/c1-11-15(8-21)18(14-5-3-13(7-20)4-6-14)12(2)24(11)9-17-23-16(10-26-17)19(22)25/h3-6,10H,9H2,1-2H3,(H2,22,25). The van der Waals surface area contributed by atoms with Crippen LogP contribution in [-0.2, 0) is 6.54 Å². The zero-order valence-corrected chi connectivity index (χ0v) is 15.1. The van der Waals surface area contributed by atoms with Crippen molar-refractivity contribution in [2.75, 3.05) is 0 Å². The Morgan fingerprint density at radius 3 is 2.42 bits per heavy atom. The summed E-state index contributed by atoms with van der Waals surface area (Å²) in [5, 5.41) is 21.0. The average Bonchev–Trinajstić information content (AvgIpc) is 3.20. The molecule has 0 aliphatic heterocycles. The third-order valence-electron chi connectivity index (χ3n) is 4.30. The number of aromatic nitrogens is 2. The summed E-state index contributed by atoms with van der Waals surface area (Å²) in [4.78, 5) is 15.5. The van der Waals surface area contributed by atoms with Gasteiger partial charge in [0.15, 0.2) is 0 Å². The number of nitriles is 2. The van der Waals surface area contributed by atoms with E-state index < -0.39 is 5.91 Å². The number of carbonyl (C=O) groups is 1. The van der Waals surface area contributed by atoms with E-state index in [1.807, 2.05) is 30.5 Å². The number of primary amides is 1. The van der Waals surface area contributed by atoms with Gasteiger partial charge in [0.1, 0.15) is 16.8 Å². The van der Waals surface area contributed by atoms with Crippen molar-refractivity contribution in [1.82, 2.24) is 9.55 Å². The molecular formula is C19H15N5OS. The van der Waals surface area contributed by atoms with E-state index in [1.54, 1.807) is 17.5 Å².